The van der Waals surface area contributed by atoms with Gasteiger partial charge in [0.15, 0.2) is 0 Å². The van der Waals surface area contributed by atoms with Crippen LogP contribution in [0.5, 0.6) is 5.88 Å². The second-order valence-corrected chi connectivity index (χ2v) is 9.86. The van der Waals surface area contributed by atoms with E-state index in [4.69, 9.17) is 14.9 Å². The molecular formula is C29H35N5O2. The van der Waals surface area contributed by atoms with Gasteiger partial charge in [-0.3, -0.25) is 0 Å². The van der Waals surface area contributed by atoms with E-state index in [1.807, 2.05) is 31.2 Å². The van der Waals surface area contributed by atoms with E-state index < -0.39 is 0 Å². The van der Waals surface area contributed by atoms with E-state index in [9.17, 15) is 0 Å². The number of piperidine rings is 1. The van der Waals surface area contributed by atoms with Gasteiger partial charge in [0.25, 0.3) is 0 Å². The molecule has 7 nitrogen and oxygen atoms in total. The minimum Gasteiger partial charge on any atom is -0.474 e. The summed E-state index contributed by atoms with van der Waals surface area (Å²) in [5.41, 5.74) is 5.52. The lowest BCUT2D eigenvalue weighted by atomic mass is 9.86. The molecule has 0 atom stereocenters. The first-order valence-corrected chi connectivity index (χ1v) is 12.9. The Hall–Kier alpha value is -3.29. The molecule has 0 unspecified atom stereocenters. The van der Waals surface area contributed by atoms with Crippen LogP contribution in [0.3, 0.4) is 0 Å². The lowest BCUT2D eigenvalue weighted by Gasteiger charge is -2.34. The molecule has 0 amide bonds. The number of anilines is 2. The molecule has 0 radical (unpaired) electrons. The second kappa shape index (κ2) is 11.2. The molecule has 2 fully saturated rings. The molecule has 188 valence electrons. The van der Waals surface area contributed by atoms with Crippen LogP contribution >= 0.6 is 0 Å². The lowest BCUT2D eigenvalue weighted by Crippen LogP contribution is -2.39. The maximum atomic E-state index is 7.94. The summed E-state index contributed by atoms with van der Waals surface area (Å²) < 4.78 is 12.2. The van der Waals surface area contributed by atoms with Crippen LogP contribution in [0.25, 0.3) is 0 Å². The van der Waals surface area contributed by atoms with Gasteiger partial charge in [-0.25, -0.2) is 4.98 Å². The Bertz CT molecular complexity index is 1190. The van der Waals surface area contributed by atoms with Crippen LogP contribution in [0.4, 0.5) is 11.5 Å². The standard InChI is InChI=1S/C29H35N5O2/c1-19-12-23(17-30)27(15-26(19)22-8-10-31-11-9-22)34-28-16-29(33-20(2)32-28)36-25-13-24(14-25)35-18-21-6-4-3-5-7-21/h3-7,12,15-17,22,24-25,30-31H,8-11,13-14,18H2,1-2H3,(H,32,33,34). The third kappa shape index (κ3) is 5.91. The molecule has 1 saturated carbocycles. The van der Waals surface area contributed by atoms with Crippen molar-refractivity contribution in [2.45, 2.75) is 64.3 Å². The van der Waals surface area contributed by atoms with Gasteiger partial charge in [-0.05, 0) is 74.5 Å². The van der Waals surface area contributed by atoms with E-state index in [1.165, 1.54) is 22.9 Å². The van der Waals surface area contributed by atoms with Gasteiger partial charge in [-0.1, -0.05) is 30.3 Å². The Kier molecular flexibility index (Phi) is 7.58. The van der Waals surface area contributed by atoms with Crippen molar-refractivity contribution in [2.24, 2.45) is 0 Å². The summed E-state index contributed by atoms with van der Waals surface area (Å²) in [5, 5.41) is 14.8. The normalized spacial score (nSPS) is 19.9. The Labute approximate surface area is 213 Å². The molecule has 0 spiro atoms. The van der Waals surface area contributed by atoms with E-state index in [2.05, 4.69) is 51.8 Å². The SMILES string of the molecule is Cc1nc(Nc2cc(C3CCNCC3)c(C)cc2C=N)cc(OC2CC(OCc3ccccc3)C2)n1. The smallest absolute Gasteiger partial charge is 0.219 e. The fourth-order valence-corrected chi connectivity index (χ4v) is 5.06. The molecule has 2 aliphatic rings. The van der Waals surface area contributed by atoms with Crippen molar-refractivity contribution in [3.63, 3.8) is 0 Å². The molecule has 1 aliphatic heterocycles. The summed E-state index contributed by atoms with van der Waals surface area (Å²) in [6.07, 6.45) is 5.68. The average molecular weight is 486 g/mol. The molecule has 2 aromatic carbocycles. The van der Waals surface area contributed by atoms with Gasteiger partial charge in [0.2, 0.25) is 5.88 Å². The van der Waals surface area contributed by atoms with Gasteiger partial charge in [-0.2, -0.15) is 4.98 Å². The van der Waals surface area contributed by atoms with Gasteiger partial charge < -0.3 is 25.5 Å². The highest BCUT2D eigenvalue weighted by atomic mass is 16.5. The first-order chi connectivity index (χ1) is 17.6. The zero-order chi connectivity index (χ0) is 24.9. The van der Waals surface area contributed by atoms with Crippen molar-refractivity contribution in [3.05, 3.63) is 76.6 Å². The number of hydrogen-bond acceptors (Lipinski definition) is 7. The van der Waals surface area contributed by atoms with Crippen LogP contribution in [0.1, 0.15) is 59.7 Å². The highest BCUT2D eigenvalue weighted by Gasteiger charge is 2.32. The van der Waals surface area contributed by atoms with Gasteiger partial charge in [-0.15, -0.1) is 0 Å². The molecule has 3 N–H and O–H groups in total. The van der Waals surface area contributed by atoms with Crippen molar-refractivity contribution in [1.29, 1.82) is 5.41 Å². The number of hydrogen-bond donors (Lipinski definition) is 3. The Balaban J connectivity index is 1.23. The number of rotatable bonds is 9. The molecule has 5 rings (SSSR count). The Morgan fingerprint density at radius 1 is 1.03 bits per heavy atom. The number of ether oxygens (including phenoxy) is 2. The molecule has 3 aromatic rings. The fourth-order valence-electron chi connectivity index (χ4n) is 5.06. The highest BCUT2D eigenvalue weighted by Crippen LogP contribution is 2.33. The lowest BCUT2D eigenvalue weighted by molar-refractivity contribution is -0.0695. The summed E-state index contributed by atoms with van der Waals surface area (Å²) in [6, 6.07) is 16.4. The maximum absolute atomic E-state index is 7.94. The zero-order valence-corrected chi connectivity index (χ0v) is 21.1. The molecule has 1 saturated heterocycles. The van der Waals surface area contributed by atoms with Crippen molar-refractivity contribution >= 4 is 17.7 Å². The highest BCUT2D eigenvalue weighted by molar-refractivity contribution is 5.88. The molecule has 1 aliphatic carbocycles. The summed E-state index contributed by atoms with van der Waals surface area (Å²) in [5.74, 6) is 2.43. The fraction of sp³-hybridized carbons (Fsp3) is 0.414. The van der Waals surface area contributed by atoms with E-state index in [-0.39, 0.29) is 12.2 Å². The van der Waals surface area contributed by atoms with Crippen molar-refractivity contribution in [3.8, 4) is 5.88 Å². The Morgan fingerprint density at radius 3 is 2.56 bits per heavy atom. The van der Waals surface area contributed by atoms with Gasteiger partial charge in [0.05, 0.1) is 12.7 Å². The number of nitrogens with one attached hydrogen (secondary N) is 3. The minimum absolute atomic E-state index is 0.0935. The zero-order valence-electron chi connectivity index (χ0n) is 21.1. The topological polar surface area (TPSA) is 92.2 Å². The summed E-state index contributed by atoms with van der Waals surface area (Å²) >= 11 is 0. The van der Waals surface area contributed by atoms with Crippen LogP contribution in [0.15, 0.2) is 48.5 Å². The van der Waals surface area contributed by atoms with E-state index in [1.54, 1.807) is 0 Å². The number of benzene rings is 2. The predicted molar refractivity (Wildman–Crippen MR) is 143 cm³/mol. The van der Waals surface area contributed by atoms with Crippen LogP contribution in [-0.2, 0) is 11.3 Å². The molecule has 36 heavy (non-hydrogen) atoms. The van der Waals surface area contributed by atoms with Crippen LogP contribution < -0.4 is 15.4 Å². The third-order valence-electron chi connectivity index (χ3n) is 7.12. The van der Waals surface area contributed by atoms with Crippen LogP contribution in [-0.4, -0.2) is 41.5 Å². The van der Waals surface area contributed by atoms with Crippen molar-refractivity contribution < 1.29 is 9.47 Å². The summed E-state index contributed by atoms with van der Waals surface area (Å²) in [4.78, 5) is 9.08. The first-order valence-electron chi connectivity index (χ1n) is 12.9. The largest absolute Gasteiger partial charge is 0.474 e. The quantitative estimate of drug-likeness (QED) is 0.350. The predicted octanol–water partition coefficient (Wildman–Crippen LogP) is 5.43. The summed E-state index contributed by atoms with van der Waals surface area (Å²) in [7, 11) is 0. The molecule has 7 heteroatoms. The van der Waals surface area contributed by atoms with Crippen molar-refractivity contribution in [2.75, 3.05) is 18.4 Å². The molecule has 1 aromatic heterocycles. The summed E-state index contributed by atoms with van der Waals surface area (Å²) in [6.45, 7) is 6.74. The second-order valence-electron chi connectivity index (χ2n) is 9.86. The van der Waals surface area contributed by atoms with Crippen LogP contribution in [0, 0.1) is 19.3 Å². The van der Waals surface area contributed by atoms with E-state index in [0.717, 1.165) is 50.0 Å². The number of aromatic nitrogens is 2. The maximum Gasteiger partial charge on any atom is 0.219 e. The third-order valence-corrected chi connectivity index (χ3v) is 7.12. The number of nitrogens with zero attached hydrogens (tertiary/aromatic N) is 2. The minimum atomic E-state index is 0.0935. The monoisotopic (exact) mass is 485 g/mol. The van der Waals surface area contributed by atoms with E-state index >= 15 is 0 Å². The Morgan fingerprint density at radius 2 is 1.81 bits per heavy atom. The first kappa shape index (κ1) is 24.4. The molecule has 2 heterocycles. The van der Waals surface area contributed by atoms with Gasteiger partial charge >= 0.3 is 0 Å². The van der Waals surface area contributed by atoms with Gasteiger partial charge in [0.1, 0.15) is 17.7 Å². The van der Waals surface area contributed by atoms with Gasteiger partial charge in [0, 0.05) is 36.4 Å². The van der Waals surface area contributed by atoms with E-state index in [0.29, 0.717) is 30.0 Å². The van der Waals surface area contributed by atoms with Crippen molar-refractivity contribution in [1.82, 2.24) is 15.3 Å². The van der Waals surface area contributed by atoms with Crippen LogP contribution in [0.2, 0.25) is 0 Å². The number of aryl methyl sites for hydroxylation is 2. The molecular weight excluding hydrogens is 450 g/mol. The average Bonchev–Trinajstić information content (AvgIpc) is 2.87. The molecule has 0 bridgehead atoms.